The van der Waals surface area contributed by atoms with E-state index in [0.29, 0.717) is 6.61 Å². The van der Waals surface area contributed by atoms with Crippen LogP contribution >= 0.6 is 12.6 Å². The van der Waals surface area contributed by atoms with Crippen LogP contribution in [-0.4, -0.2) is 55.0 Å². The van der Waals surface area contributed by atoms with Crippen LogP contribution in [0.3, 0.4) is 0 Å². The van der Waals surface area contributed by atoms with Crippen LogP contribution in [0.2, 0.25) is 0 Å². The maximum Gasteiger partial charge on any atom is 0.338 e. The van der Waals surface area contributed by atoms with Gasteiger partial charge in [0, 0.05) is 12.4 Å². The summed E-state index contributed by atoms with van der Waals surface area (Å²) in [6.07, 6.45) is 0. The number of thiol groups is 1. The van der Waals surface area contributed by atoms with Crippen molar-refractivity contribution in [1.29, 1.82) is 0 Å². The molecule has 0 aliphatic carbocycles. The van der Waals surface area contributed by atoms with Crippen molar-refractivity contribution >= 4 is 24.6 Å². The normalized spacial score (nSPS) is 14.1. The molecule has 0 heterocycles. The molecule has 0 saturated heterocycles. The molecule has 0 bridgehead atoms. The first-order valence-electron chi connectivity index (χ1n) is 4.94. The van der Waals surface area contributed by atoms with Crippen molar-refractivity contribution in [3.8, 4) is 0 Å². The van der Waals surface area contributed by atoms with Crippen LogP contribution in [0.1, 0.15) is 6.92 Å². The first-order valence-corrected chi connectivity index (χ1v) is 5.58. The Hall–Kier alpha value is -0.830. The van der Waals surface area contributed by atoms with Crippen LogP contribution in [0.4, 0.5) is 0 Å². The number of carboxylic acids is 1. The Morgan fingerprint density at radius 3 is 2.47 bits per heavy atom. The minimum Gasteiger partial charge on any atom is -0.479 e. The number of carboxylic acid groups (broad SMARTS) is 1. The first kappa shape index (κ1) is 16.2. The molecule has 3 N–H and O–H groups in total. The predicted octanol–water partition coefficient (Wildman–Crippen LogP) is -0.748. The lowest BCUT2D eigenvalue weighted by atomic mass is 10.1. The first-order chi connectivity index (χ1) is 7.99. The molecule has 0 aromatic heterocycles. The van der Waals surface area contributed by atoms with E-state index in [2.05, 4.69) is 17.4 Å². The van der Waals surface area contributed by atoms with Gasteiger partial charge in [-0.25, -0.2) is 9.59 Å². The van der Waals surface area contributed by atoms with Gasteiger partial charge in [0.2, 0.25) is 5.54 Å². The summed E-state index contributed by atoms with van der Waals surface area (Å²) < 4.78 is 14.5. The lowest BCUT2D eigenvalue weighted by Crippen LogP contribution is -2.57. The van der Waals surface area contributed by atoms with Crippen molar-refractivity contribution in [2.24, 2.45) is 5.73 Å². The van der Waals surface area contributed by atoms with Gasteiger partial charge in [0.25, 0.3) is 0 Å². The van der Waals surface area contributed by atoms with E-state index in [1.54, 1.807) is 0 Å². The van der Waals surface area contributed by atoms with Gasteiger partial charge in [-0.2, -0.15) is 12.6 Å². The van der Waals surface area contributed by atoms with E-state index in [4.69, 9.17) is 20.3 Å². The maximum absolute atomic E-state index is 11.4. The summed E-state index contributed by atoms with van der Waals surface area (Å²) >= 11 is 3.71. The minimum atomic E-state index is -2.12. The van der Waals surface area contributed by atoms with Crippen LogP contribution < -0.4 is 5.73 Å². The quantitative estimate of drug-likeness (QED) is 0.166. The molecule has 0 rings (SSSR count). The topological polar surface area (TPSA) is 108 Å². The number of carbonyl (C=O) groups is 2. The van der Waals surface area contributed by atoms with Crippen LogP contribution in [0.15, 0.2) is 0 Å². The molecule has 0 aliphatic heterocycles. The fourth-order valence-corrected chi connectivity index (χ4v) is 1.01. The molecular formula is C9H17NO6S. The smallest absolute Gasteiger partial charge is 0.338 e. The summed E-state index contributed by atoms with van der Waals surface area (Å²) in [6, 6.07) is 0. The number of esters is 1. The molecule has 0 saturated carbocycles. The third-order valence-corrected chi connectivity index (χ3v) is 2.33. The largest absolute Gasteiger partial charge is 0.479 e. The van der Waals surface area contributed by atoms with Gasteiger partial charge < -0.3 is 25.1 Å². The van der Waals surface area contributed by atoms with Crippen LogP contribution in [0.5, 0.6) is 0 Å². The highest BCUT2D eigenvalue weighted by atomic mass is 32.1. The second kappa shape index (κ2) is 8.29. The van der Waals surface area contributed by atoms with E-state index in [1.807, 2.05) is 6.92 Å². The van der Waals surface area contributed by atoms with E-state index < -0.39 is 17.5 Å². The molecule has 0 unspecified atom stereocenters. The van der Waals surface area contributed by atoms with Gasteiger partial charge in [0.05, 0.1) is 6.61 Å². The molecule has 0 aromatic carbocycles. The van der Waals surface area contributed by atoms with Gasteiger partial charge in [-0.05, 0) is 6.92 Å². The zero-order valence-electron chi connectivity index (χ0n) is 9.55. The third-order valence-electron chi connectivity index (χ3n) is 1.83. The van der Waals surface area contributed by atoms with Crippen molar-refractivity contribution < 1.29 is 28.9 Å². The van der Waals surface area contributed by atoms with Gasteiger partial charge in [-0.3, -0.25) is 0 Å². The number of nitrogens with two attached hydrogens (primary N) is 1. The monoisotopic (exact) mass is 267 g/mol. The number of carbonyl (C=O) groups excluding carboxylic acids is 1. The summed E-state index contributed by atoms with van der Waals surface area (Å²) in [5.74, 6) is -2.87. The van der Waals surface area contributed by atoms with E-state index in [0.717, 1.165) is 0 Å². The molecule has 0 fully saturated rings. The van der Waals surface area contributed by atoms with Crippen molar-refractivity contribution in [1.82, 2.24) is 0 Å². The predicted molar refractivity (Wildman–Crippen MR) is 61.8 cm³/mol. The van der Waals surface area contributed by atoms with Crippen molar-refractivity contribution in [2.45, 2.75) is 12.5 Å². The zero-order valence-corrected chi connectivity index (χ0v) is 10.4. The van der Waals surface area contributed by atoms with E-state index in [-0.39, 0.29) is 25.8 Å². The average Bonchev–Trinajstić information content (AvgIpc) is 2.31. The Bertz CT molecular complexity index is 262. The highest BCUT2D eigenvalue weighted by molar-refractivity contribution is 7.80. The molecule has 0 radical (unpaired) electrons. The van der Waals surface area contributed by atoms with E-state index in [9.17, 15) is 9.59 Å². The van der Waals surface area contributed by atoms with Gasteiger partial charge in [-0.1, -0.05) is 0 Å². The number of hydrogen-bond donors (Lipinski definition) is 3. The van der Waals surface area contributed by atoms with Gasteiger partial charge in [0.15, 0.2) is 0 Å². The van der Waals surface area contributed by atoms with Crippen molar-refractivity contribution in [2.75, 3.05) is 32.4 Å². The molecule has 17 heavy (non-hydrogen) atoms. The number of aliphatic carboxylic acids is 1. The molecular weight excluding hydrogens is 250 g/mol. The summed E-state index contributed by atoms with van der Waals surface area (Å²) in [4.78, 5) is 22.1. The Kier molecular flexibility index (Phi) is 7.88. The minimum absolute atomic E-state index is 0.0906. The molecule has 8 heteroatoms. The van der Waals surface area contributed by atoms with E-state index >= 15 is 0 Å². The lowest BCUT2D eigenvalue weighted by molar-refractivity contribution is -0.161. The number of hydrogen-bond acceptors (Lipinski definition) is 7. The van der Waals surface area contributed by atoms with Gasteiger partial charge in [-0.15, -0.1) is 0 Å². The Balaban J connectivity index is 3.89. The SMILES string of the molecule is CCOCOCCOC(=O)[C@](N)(CS)C(=O)O. The van der Waals surface area contributed by atoms with Crippen LogP contribution in [0.25, 0.3) is 0 Å². The number of rotatable bonds is 9. The molecule has 0 aliphatic rings. The molecule has 7 nitrogen and oxygen atoms in total. The Morgan fingerprint density at radius 2 is 2.00 bits per heavy atom. The summed E-state index contributed by atoms with van der Waals surface area (Å²) in [5, 5.41) is 8.75. The summed E-state index contributed by atoms with van der Waals surface area (Å²) in [7, 11) is 0. The van der Waals surface area contributed by atoms with Crippen LogP contribution in [0, 0.1) is 0 Å². The summed E-state index contributed by atoms with van der Waals surface area (Å²) in [6.45, 7) is 2.43. The van der Waals surface area contributed by atoms with Crippen molar-refractivity contribution in [3.63, 3.8) is 0 Å². The maximum atomic E-state index is 11.4. The molecule has 100 valence electrons. The standard InChI is InChI=1S/C9H17NO6S/c1-2-14-6-15-3-4-16-8(13)9(10,5-17)7(11)12/h17H,2-6,10H2,1H3,(H,11,12)/t9-/m0/s1. The van der Waals surface area contributed by atoms with E-state index in [1.165, 1.54) is 0 Å². The second-order valence-corrected chi connectivity index (χ2v) is 3.41. The Labute approximate surface area is 105 Å². The highest BCUT2D eigenvalue weighted by Crippen LogP contribution is 2.06. The van der Waals surface area contributed by atoms with Crippen molar-refractivity contribution in [3.05, 3.63) is 0 Å². The fourth-order valence-electron chi connectivity index (χ4n) is 0.743. The zero-order chi connectivity index (χ0) is 13.3. The second-order valence-electron chi connectivity index (χ2n) is 3.09. The highest BCUT2D eigenvalue weighted by Gasteiger charge is 2.42. The average molecular weight is 267 g/mol. The molecule has 1 atom stereocenters. The summed E-state index contributed by atoms with van der Waals surface area (Å²) in [5.41, 5.74) is 3.21. The van der Waals surface area contributed by atoms with Gasteiger partial charge in [0.1, 0.15) is 13.4 Å². The molecule has 0 aromatic rings. The number of ether oxygens (including phenoxy) is 3. The molecule has 0 amide bonds. The molecule has 0 spiro atoms. The Morgan fingerprint density at radius 1 is 1.35 bits per heavy atom. The lowest BCUT2D eigenvalue weighted by Gasteiger charge is -2.20. The fraction of sp³-hybridized carbons (Fsp3) is 0.778. The van der Waals surface area contributed by atoms with Gasteiger partial charge >= 0.3 is 11.9 Å². The van der Waals surface area contributed by atoms with Crippen LogP contribution in [-0.2, 0) is 23.8 Å². The third kappa shape index (κ3) is 5.35.